The Kier molecular flexibility index (Phi) is 5.11. The Morgan fingerprint density at radius 1 is 1.39 bits per heavy atom. The van der Waals surface area contributed by atoms with Crippen LogP contribution in [0.25, 0.3) is 10.9 Å². The van der Waals surface area contributed by atoms with Crippen molar-refractivity contribution in [2.75, 3.05) is 26.8 Å². The summed E-state index contributed by atoms with van der Waals surface area (Å²) in [5.74, 6) is 0. The number of rotatable bonds is 7. The molecule has 2 rings (SSSR count). The molecule has 2 aromatic rings. The monoisotopic (exact) mass is 264 g/mol. The average molecular weight is 264 g/mol. The summed E-state index contributed by atoms with van der Waals surface area (Å²) in [5.41, 5.74) is 1.21. The molecular formula is C14H20N2OS. The molecule has 0 bridgehead atoms. The first-order chi connectivity index (χ1) is 8.79. The molecule has 1 aromatic carbocycles. The van der Waals surface area contributed by atoms with Gasteiger partial charge in [-0.1, -0.05) is 25.1 Å². The number of thioether (sulfide) groups is 1. The minimum Gasteiger partial charge on any atom is -0.383 e. The second kappa shape index (κ2) is 6.83. The van der Waals surface area contributed by atoms with Crippen LogP contribution in [0.5, 0.6) is 0 Å². The molecule has 0 aliphatic heterocycles. The van der Waals surface area contributed by atoms with E-state index in [4.69, 9.17) is 4.74 Å². The number of nitrogens with one attached hydrogen (secondary N) is 2. The fraction of sp³-hybridized carbons (Fsp3) is 0.429. The number of benzene rings is 1. The number of methoxy groups -OCH3 is 1. The van der Waals surface area contributed by atoms with Crippen molar-refractivity contribution >= 4 is 22.7 Å². The molecule has 4 heteroatoms. The average Bonchev–Trinajstić information content (AvgIpc) is 2.76. The van der Waals surface area contributed by atoms with Crippen LogP contribution in [0, 0.1) is 0 Å². The third-order valence-electron chi connectivity index (χ3n) is 2.75. The van der Waals surface area contributed by atoms with E-state index in [2.05, 4.69) is 47.6 Å². The highest BCUT2D eigenvalue weighted by atomic mass is 32.2. The molecule has 1 aromatic heterocycles. The topological polar surface area (TPSA) is 37.0 Å². The summed E-state index contributed by atoms with van der Waals surface area (Å²) in [7, 11) is 1.73. The van der Waals surface area contributed by atoms with Crippen molar-refractivity contribution in [3.05, 3.63) is 30.3 Å². The van der Waals surface area contributed by atoms with Gasteiger partial charge in [-0.25, -0.2) is 0 Å². The van der Waals surface area contributed by atoms with Gasteiger partial charge in [-0.3, -0.25) is 0 Å². The Morgan fingerprint density at radius 2 is 2.22 bits per heavy atom. The van der Waals surface area contributed by atoms with Crippen LogP contribution in [0.4, 0.5) is 0 Å². The van der Waals surface area contributed by atoms with Crippen LogP contribution in [0.15, 0.2) is 35.4 Å². The van der Waals surface area contributed by atoms with Gasteiger partial charge in [0, 0.05) is 36.4 Å². The molecule has 0 saturated heterocycles. The number of aromatic nitrogens is 1. The zero-order valence-electron chi connectivity index (χ0n) is 10.9. The lowest BCUT2D eigenvalue weighted by Crippen LogP contribution is -2.26. The fourth-order valence-corrected chi connectivity index (χ4v) is 2.85. The van der Waals surface area contributed by atoms with Crippen LogP contribution >= 0.6 is 11.8 Å². The first-order valence-corrected chi connectivity index (χ1v) is 7.11. The van der Waals surface area contributed by atoms with E-state index < -0.39 is 0 Å². The number of ether oxygens (including phenoxy) is 1. The third kappa shape index (κ3) is 3.77. The van der Waals surface area contributed by atoms with Crippen molar-refractivity contribution in [3.63, 3.8) is 0 Å². The smallest absolute Gasteiger partial charge is 0.0735 e. The number of H-pyrrole nitrogens is 1. The summed E-state index contributed by atoms with van der Waals surface area (Å²) in [5, 5.41) is 6.43. The molecule has 0 radical (unpaired) electrons. The lowest BCUT2D eigenvalue weighted by Gasteiger charge is -2.10. The molecule has 0 fully saturated rings. The van der Waals surface area contributed by atoms with E-state index in [1.165, 1.54) is 15.9 Å². The predicted molar refractivity (Wildman–Crippen MR) is 78.4 cm³/mol. The number of para-hydroxylation sites is 1. The maximum absolute atomic E-state index is 5.01. The standard InChI is InChI=1S/C14H20N2OS/c1-11(10-15-7-8-17-2)18-14-9-12-5-3-4-6-13(12)16-14/h3-6,9,11,15-16H,7-8,10H2,1-2H3. The SMILES string of the molecule is COCCNCC(C)Sc1cc2ccccc2[nH]1. The zero-order valence-corrected chi connectivity index (χ0v) is 11.7. The summed E-state index contributed by atoms with van der Waals surface area (Å²) in [6.07, 6.45) is 0. The molecular weight excluding hydrogens is 244 g/mol. The zero-order chi connectivity index (χ0) is 12.8. The molecule has 1 heterocycles. The molecule has 0 amide bonds. The second-order valence-electron chi connectivity index (χ2n) is 4.35. The van der Waals surface area contributed by atoms with Gasteiger partial charge >= 0.3 is 0 Å². The summed E-state index contributed by atoms with van der Waals surface area (Å²) < 4.78 is 5.01. The Bertz CT molecular complexity index is 450. The molecule has 1 unspecified atom stereocenters. The normalized spacial score (nSPS) is 13.0. The van der Waals surface area contributed by atoms with E-state index in [0.29, 0.717) is 5.25 Å². The van der Waals surface area contributed by atoms with E-state index in [1.54, 1.807) is 7.11 Å². The molecule has 0 aliphatic carbocycles. The Labute approximate surface area is 112 Å². The van der Waals surface area contributed by atoms with Gasteiger partial charge in [0.05, 0.1) is 11.6 Å². The van der Waals surface area contributed by atoms with Crippen LogP contribution in [0.1, 0.15) is 6.92 Å². The van der Waals surface area contributed by atoms with E-state index >= 15 is 0 Å². The third-order valence-corrected chi connectivity index (χ3v) is 3.79. The number of hydrogen-bond donors (Lipinski definition) is 2. The second-order valence-corrected chi connectivity index (χ2v) is 5.83. The Balaban J connectivity index is 1.84. The summed E-state index contributed by atoms with van der Waals surface area (Å²) in [6, 6.07) is 10.6. The molecule has 3 nitrogen and oxygen atoms in total. The first kappa shape index (κ1) is 13.5. The van der Waals surface area contributed by atoms with E-state index in [0.717, 1.165) is 19.7 Å². The van der Waals surface area contributed by atoms with Gasteiger partial charge < -0.3 is 15.0 Å². The largest absolute Gasteiger partial charge is 0.383 e. The highest BCUT2D eigenvalue weighted by molar-refractivity contribution is 7.99. The lowest BCUT2D eigenvalue weighted by atomic mass is 10.3. The minimum absolute atomic E-state index is 0.537. The van der Waals surface area contributed by atoms with E-state index in [1.807, 2.05) is 11.8 Å². The summed E-state index contributed by atoms with van der Waals surface area (Å²) >= 11 is 1.87. The van der Waals surface area contributed by atoms with Gasteiger partial charge in [-0.05, 0) is 12.1 Å². The van der Waals surface area contributed by atoms with E-state index in [-0.39, 0.29) is 0 Å². The quantitative estimate of drug-likeness (QED) is 0.596. The van der Waals surface area contributed by atoms with Crippen LogP contribution in [0.2, 0.25) is 0 Å². The molecule has 1 atom stereocenters. The van der Waals surface area contributed by atoms with Gasteiger partial charge in [0.1, 0.15) is 0 Å². The molecule has 18 heavy (non-hydrogen) atoms. The minimum atomic E-state index is 0.537. The van der Waals surface area contributed by atoms with E-state index in [9.17, 15) is 0 Å². The van der Waals surface area contributed by atoms with Crippen LogP contribution < -0.4 is 5.32 Å². The summed E-state index contributed by atoms with van der Waals surface area (Å²) in [6.45, 7) is 4.90. The summed E-state index contributed by atoms with van der Waals surface area (Å²) in [4.78, 5) is 3.44. The maximum Gasteiger partial charge on any atom is 0.0735 e. The van der Waals surface area contributed by atoms with Crippen molar-refractivity contribution in [3.8, 4) is 0 Å². The van der Waals surface area contributed by atoms with Crippen molar-refractivity contribution < 1.29 is 4.74 Å². The van der Waals surface area contributed by atoms with Crippen molar-refractivity contribution in [2.45, 2.75) is 17.2 Å². The molecule has 0 spiro atoms. The maximum atomic E-state index is 5.01. The highest BCUT2D eigenvalue weighted by Gasteiger charge is 2.06. The highest BCUT2D eigenvalue weighted by Crippen LogP contribution is 2.26. The molecule has 0 aliphatic rings. The predicted octanol–water partition coefficient (Wildman–Crippen LogP) is 2.88. The number of aromatic amines is 1. The molecule has 98 valence electrons. The fourth-order valence-electron chi connectivity index (χ4n) is 1.85. The van der Waals surface area contributed by atoms with Crippen molar-refractivity contribution in [1.82, 2.24) is 10.3 Å². The first-order valence-electron chi connectivity index (χ1n) is 6.23. The number of fused-ring (bicyclic) bond motifs is 1. The van der Waals surface area contributed by atoms with Crippen molar-refractivity contribution in [1.29, 1.82) is 0 Å². The Hall–Kier alpha value is -0.970. The van der Waals surface area contributed by atoms with Gasteiger partial charge in [0.25, 0.3) is 0 Å². The van der Waals surface area contributed by atoms with Crippen LogP contribution in [-0.2, 0) is 4.74 Å². The lowest BCUT2D eigenvalue weighted by molar-refractivity contribution is 0.199. The van der Waals surface area contributed by atoms with Gasteiger partial charge in [-0.15, -0.1) is 11.8 Å². The van der Waals surface area contributed by atoms with Gasteiger partial charge in [0.2, 0.25) is 0 Å². The van der Waals surface area contributed by atoms with Crippen LogP contribution in [-0.4, -0.2) is 37.0 Å². The molecule has 0 saturated carbocycles. The molecule has 2 N–H and O–H groups in total. The number of hydrogen-bond acceptors (Lipinski definition) is 3. The van der Waals surface area contributed by atoms with Gasteiger partial charge in [-0.2, -0.15) is 0 Å². The Morgan fingerprint density at radius 3 is 3.00 bits per heavy atom. The van der Waals surface area contributed by atoms with Gasteiger partial charge in [0.15, 0.2) is 0 Å². The van der Waals surface area contributed by atoms with Crippen LogP contribution in [0.3, 0.4) is 0 Å². The van der Waals surface area contributed by atoms with Crippen molar-refractivity contribution in [2.24, 2.45) is 0 Å².